The molecule has 0 unspecified atom stereocenters. The maximum atomic E-state index is 12.6. The van der Waals surface area contributed by atoms with Crippen LogP contribution in [0.5, 0.6) is 5.75 Å². The standard InChI is InChI=1S/C8H5F5N2O3/c1-18-3-2-14-7(15(16)17)4(6(9)10)5(3)8(11,12)13/h2,6H,1H3. The van der Waals surface area contributed by atoms with E-state index in [1.54, 1.807) is 0 Å². The van der Waals surface area contributed by atoms with Crippen LogP contribution in [0.1, 0.15) is 17.6 Å². The van der Waals surface area contributed by atoms with Crippen LogP contribution in [0.3, 0.4) is 0 Å². The van der Waals surface area contributed by atoms with Gasteiger partial charge in [-0.1, -0.05) is 0 Å². The smallest absolute Gasteiger partial charge is 0.420 e. The number of methoxy groups -OCH3 is 1. The number of halogens is 5. The Morgan fingerprint density at radius 1 is 1.44 bits per heavy atom. The fourth-order valence-corrected chi connectivity index (χ4v) is 1.30. The summed E-state index contributed by atoms with van der Waals surface area (Å²) in [7, 11) is 0.813. The largest absolute Gasteiger partial charge is 0.492 e. The van der Waals surface area contributed by atoms with Crippen molar-refractivity contribution in [2.45, 2.75) is 12.6 Å². The zero-order valence-electron chi connectivity index (χ0n) is 8.66. The number of aromatic nitrogens is 1. The molecule has 0 atom stereocenters. The summed E-state index contributed by atoms with van der Waals surface area (Å²) >= 11 is 0. The number of hydrogen-bond acceptors (Lipinski definition) is 4. The molecule has 1 rings (SSSR count). The highest BCUT2D eigenvalue weighted by Crippen LogP contribution is 2.44. The first-order valence-corrected chi connectivity index (χ1v) is 4.26. The zero-order valence-corrected chi connectivity index (χ0v) is 8.66. The third kappa shape index (κ3) is 2.46. The van der Waals surface area contributed by atoms with Gasteiger partial charge >= 0.3 is 12.0 Å². The summed E-state index contributed by atoms with van der Waals surface area (Å²) in [5, 5.41) is 10.4. The molecule has 0 saturated carbocycles. The summed E-state index contributed by atoms with van der Waals surface area (Å²) in [6, 6.07) is 0. The van der Waals surface area contributed by atoms with Gasteiger partial charge in [-0.2, -0.15) is 13.2 Å². The van der Waals surface area contributed by atoms with E-state index in [-0.39, 0.29) is 0 Å². The molecule has 0 aliphatic heterocycles. The molecule has 0 fully saturated rings. The van der Waals surface area contributed by atoms with Crippen LogP contribution in [-0.2, 0) is 6.18 Å². The van der Waals surface area contributed by atoms with Crippen molar-refractivity contribution in [1.82, 2.24) is 4.98 Å². The number of ether oxygens (including phenoxy) is 1. The Balaban J connectivity index is 3.71. The van der Waals surface area contributed by atoms with Crippen LogP contribution in [0.4, 0.5) is 27.8 Å². The normalized spacial score (nSPS) is 11.7. The molecule has 0 amide bonds. The Kier molecular flexibility index (Phi) is 3.67. The van der Waals surface area contributed by atoms with E-state index in [1.165, 1.54) is 0 Å². The highest BCUT2D eigenvalue weighted by molar-refractivity contribution is 5.49. The quantitative estimate of drug-likeness (QED) is 0.482. The highest BCUT2D eigenvalue weighted by atomic mass is 19.4. The number of rotatable bonds is 3. The van der Waals surface area contributed by atoms with Crippen molar-refractivity contribution >= 4 is 5.82 Å². The molecular weight excluding hydrogens is 267 g/mol. The average molecular weight is 272 g/mol. The van der Waals surface area contributed by atoms with Crippen LogP contribution in [0.25, 0.3) is 0 Å². The van der Waals surface area contributed by atoms with Crippen LogP contribution >= 0.6 is 0 Å². The van der Waals surface area contributed by atoms with E-state index in [0.717, 1.165) is 7.11 Å². The van der Waals surface area contributed by atoms with Gasteiger partial charge in [-0.05, 0) is 9.91 Å². The second-order valence-corrected chi connectivity index (χ2v) is 2.99. The maximum Gasteiger partial charge on any atom is 0.420 e. The molecule has 0 spiro atoms. The van der Waals surface area contributed by atoms with Crippen LogP contribution in [0, 0.1) is 10.1 Å². The Hall–Kier alpha value is -2.00. The summed E-state index contributed by atoms with van der Waals surface area (Å²) in [5.41, 5.74) is -3.69. The molecule has 5 nitrogen and oxygen atoms in total. The molecule has 0 radical (unpaired) electrons. The van der Waals surface area contributed by atoms with Gasteiger partial charge in [0.15, 0.2) is 11.9 Å². The van der Waals surface area contributed by atoms with Gasteiger partial charge in [0, 0.05) is 0 Å². The van der Waals surface area contributed by atoms with Gasteiger partial charge in [-0.15, -0.1) is 0 Å². The number of nitrogens with zero attached hydrogens (tertiary/aromatic N) is 2. The van der Waals surface area contributed by atoms with Crippen LogP contribution in [0.15, 0.2) is 6.20 Å². The minimum absolute atomic E-state index is 0.382. The molecule has 18 heavy (non-hydrogen) atoms. The van der Waals surface area contributed by atoms with Gasteiger partial charge in [0.1, 0.15) is 11.1 Å². The second kappa shape index (κ2) is 4.70. The maximum absolute atomic E-state index is 12.6. The number of alkyl halides is 5. The summed E-state index contributed by atoms with van der Waals surface area (Å²) in [6.07, 6.45) is -8.54. The fraction of sp³-hybridized carbons (Fsp3) is 0.375. The van der Waals surface area contributed by atoms with E-state index in [9.17, 15) is 32.1 Å². The molecule has 100 valence electrons. The lowest BCUT2D eigenvalue weighted by Crippen LogP contribution is -2.14. The molecule has 0 saturated heterocycles. The summed E-state index contributed by atoms with van der Waals surface area (Å²) < 4.78 is 67.4. The average Bonchev–Trinajstić information content (AvgIpc) is 2.25. The van der Waals surface area contributed by atoms with Crippen molar-refractivity contribution in [1.29, 1.82) is 0 Å². The minimum atomic E-state index is -5.22. The van der Waals surface area contributed by atoms with Gasteiger partial charge < -0.3 is 14.9 Å². The predicted molar refractivity (Wildman–Crippen MR) is 47.4 cm³/mol. The fourth-order valence-electron chi connectivity index (χ4n) is 1.30. The van der Waals surface area contributed by atoms with Crippen LogP contribution in [0.2, 0.25) is 0 Å². The first-order valence-electron chi connectivity index (χ1n) is 4.26. The zero-order chi connectivity index (χ0) is 14.1. The molecule has 0 bridgehead atoms. The Morgan fingerprint density at radius 2 is 2.00 bits per heavy atom. The van der Waals surface area contributed by atoms with Gasteiger partial charge in [0.2, 0.25) is 0 Å². The SMILES string of the molecule is COc1cnc([N+](=O)[O-])c(C(F)F)c1C(F)(F)F. The Bertz CT molecular complexity index is 475. The summed E-state index contributed by atoms with van der Waals surface area (Å²) in [5.74, 6) is -2.54. The van der Waals surface area contributed by atoms with Crippen molar-refractivity contribution in [2.24, 2.45) is 0 Å². The molecule has 0 aliphatic rings. The lowest BCUT2D eigenvalue weighted by Gasteiger charge is -2.14. The van der Waals surface area contributed by atoms with Crippen molar-refractivity contribution < 1.29 is 31.6 Å². The van der Waals surface area contributed by atoms with E-state index in [4.69, 9.17) is 0 Å². The van der Waals surface area contributed by atoms with Crippen molar-refractivity contribution in [3.05, 3.63) is 27.4 Å². The number of pyridine rings is 1. The van der Waals surface area contributed by atoms with E-state index in [0.29, 0.717) is 6.20 Å². The first-order chi connectivity index (χ1) is 8.20. The number of hydrogen-bond donors (Lipinski definition) is 0. The van der Waals surface area contributed by atoms with Gasteiger partial charge in [-0.3, -0.25) is 0 Å². The highest BCUT2D eigenvalue weighted by Gasteiger charge is 2.44. The Morgan fingerprint density at radius 3 is 2.33 bits per heavy atom. The van der Waals surface area contributed by atoms with Gasteiger partial charge in [0.25, 0.3) is 6.43 Å². The van der Waals surface area contributed by atoms with Gasteiger partial charge in [-0.25, -0.2) is 8.78 Å². The van der Waals surface area contributed by atoms with Crippen LogP contribution in [-0.4, -0.2) is 17.0 Å². The summed E-state index contributed by atoms with van der Waals surface area (Å²) in [4.78, 5) is 11.9. The summed E-state index contributed by atoms with van der Waals surface area (Å²) in [6.45, 7) is 0. The van der Waals surface area contributed by atoms with Gasteiger partial charge in [0.05, 0.1) is 7.11 Å². The third-order valence-corrected chi connectivity index (χ3v) is 1.96. The van der Waals surface area contributed by atoms with Crippen molar-refractivity contribution in [2.75, 3.05) is 7.11 Å². The molecule has 0 N–H and O–H groups in total. The lowest BCUT2D eigenvalue weighted by molar-refractivity contribution is -0.391. The second-order valence-electron chi connectivity index (χ2n) is 2.99. The predicted octanol–water partition coefficient (Wildman–Crippen LogP) is 2.95. The molecule has 1 aromatic heterocycles. The van der Waals surface area contributed by atoms with Crippen LogP contribution < -0.4 is 4.74 Å². The van der Waals surface area contributed by atoms with E-state index in [2.05, 4.69) is 9.72 Å². The molecule has 1 aromatic rings. The molecule has 0 aliphatic carbocycles. The molecule has 10 heteroatoms. The number of nitro groups is 1. The Labute approximate surface area is 96.3 Å². The molecule has 1 heterocycles. The topological polar surface area (TPSA) is 65.3 Å². The first kappa shape index (κ1) is 14.1. The van der Waals surface area contributed by atoms with Crippen molar-refractivity contribution in [3.8, 4) is 5.75 Å². The minimum Gasteiger partial charge on any atom is -0.492 e. The van der Waals surface area contributed by atoms with E-state index < -0.39 is 40.2 Å². The lowest BCUT2D eigenvalue weighted by atomic mass is 10.1. The molecular formula is C8H5F5N2O3. The monoisotopic (exact) mass is 272 g/mol. The van der Waals surface area contributed by atoms with E-state index >= 15 is 0 Å². The van der Waals surface area contributed by atoms with E-state index in [1.807, 2.05) is 0 Å². The van der Waals surface area contributed by atoms with Crippen molar-refractivity contribution in [3.63, 3.8) is 0 Å². The molecule has 0 aromatic carbocycles. The third-order valence-electron chi connectivity index (χ3n) is 1.96.